The van der Waals surface area contributed by atoms with E-state index in [-0.39, 0.29) is 12.5 Å². The molecule has 0 atom stereocenters. The molecule has 0 aliphatic rings. The van der Waals surface area contributed by atoms with Gasteiger partial charge in [0, 0.05) is 11.3 Å². The number of methoxy groups -OCH3 is 1. The van der Waals surface area contributed by atoms with Crippen LogP contribution >= 0.6 is 11.6 Å². The molecule has 3 aromatic carbocycles. The van der Waals surface area contributed by atoms with Gasteiger partial charge in [-0.25, -0.2) is 5.43 Å². The summed E-state index contributed by atoms with van der Waals surface area (Å²) in [5.41, 5.74) is 5.16. The molecule has 186 valence electrons. The van der Waals surface area contributed by atoms with E-state index >= 15 is 0 Å². The van der Waals surface area contributed by atoms with Gasteiger partial charge in [0.25, 0.3) is 11.8 Å². The molecule has 0 radical (unpaired) electrons. The lowest BCUT2D eigenvalue weighted by Gasteiger charge is -2.10. The number of rotatable bonds is 11. The summed E-state index contributed by atoms with van der Waals surface area (Å²) in [7, 11) is 1.49. The first kappa shape index (κ1) is 26.3. The predicted octanol–water partition coefficient (Wildman–Crippen LogP) is 5.00. The third-order valence-corrected chi connectivity index (χ3v) is 5.07. The Balaban J connectivity index is 1.54. The number of hydrogen-bond acceptors (Lipinski definition) is 6. The molecule has 0 bridgehead atoms. The number of carbonyl (C=O) groups is 2. The first-order chi connectivity index (χ1) is 17.4. The molecular formula is C27H26ClN3O5. The van der Waals surface area contributed by atoms with Gasteiger partial charge in [-0.05, 0) is 66.6 Å². The van der Waals surface area contributed by atoms with Gasteiger partial charge in [0.2, 0.25) is 0 Å². The molecule has 0 aliphatic carbocycles. The average Bonchev–Trinajstić information content (AvgIpc) is 2.86. The number of hydrogen-bond donors (Lipinski definition) is 2. The Hall–Kier alpha value is -4.30. The molecule has 2 amide bonds. The van der Waals surface area contributed by atoms with Gasteiger partial charge in [-0.3, -0.25) is 9.59 Å². The number of hydrazone groups is 1. The summed E-state index contributed by atoms with van der Waals surface area (Å²) in [5, 5.41) is 7.04. The van der Waals surface area contributed by atoms with Crippen molar-refractivity contribution in [3.63, 3.8) is 0 Å². The smallest absolute Gasteiger partial charge is 0.271 e. The summed E-state index contributed by atoms with van der Waals surface area (Å²) in [6, 6.07) is 17.2. The fourth-order valence-electron chi connectivity index (χ4n) is 3.08. The van der Waals surface area contributed by atoms with Crippen LogP contribution in [0.2, 0.25) is 5.02 Å². The van der Waals surface area contributed by atoms with Gasteiger partial charge in [0.05, 0.1) is 18.3 Å². The Morgan fingerprint density at radius 2 is 1.83 bits per heavy atom. The zero-order valence-corrected chi connectivity index (χ0v) is 20.7. The van der Waals surface area contributed by atoms with E-state index in [1.807, 2.05) is 25.1 Å². The van der Waals surface area contributed by atoms with Gasteiger partial charge in [0.1, 0.15) is 12.4 Å². The van der Waals surface area contributed by atoms with Gasteiger partial charge in [-0.1, -0.05) is 36.4 Å². The summed E-state index contributed by atoms with van der Waals surface area (Å²) >= 11 is 6.28. The summed E-state index contributed by atoms with van der Waals surface area (Å²) in [5.74, 6) is 0.543. The fraction of sp³-hybridized carbons (Fsp3) is 0.148. The lowest BCUT2D eigenvalue weighted by atomic mass is 10.2. The molecule has 0 heterocycles. The number of aryl methyl sites for hydroxylation is 1. The van der Waals surface area contributed by atoms with Crippen LogP contribution in [-0.2, 0) is 4.79 Å². The number of halogens is 1. The molecule has 36 heavy (non-hydrogen) atoms. The zero-order chi connectivity index (χ0) is 25.9. The highest BCUT2D eigenvalue weighted by Crippen LogP contribution is 2.28. The van der Waals surface area contributed by atoms with Gasteiger partial charge < -0.3 is 19.5 Å². The third kappa shape index (κ3) is 7.61. The topological polar surface area (TPSA) is 98.3 Å². The number of nitrogens with one attached hydrogen (secondary N) is 2. The summed E-state index contributed by atoms with van der Waals surface area (Å²) in [4.78, 5) is 24.6. The maximum Gasteiger partial charge on any atom is 0.271 e. The lowest BCUT2D eigenvalue weighted by molar-refractivity contribution is -0.118. The molecule has 0 aliphatic heterocycles. The van der Waals surface area contributed by atoms with Crippen molar-refractivity contribution in [2.75, 3.05) is 25.6 Å². The molecule has 3 rings (SSSR count). The molecule has 0 aromatic heterocycles. The number of nitrogens with zero attached hydrogens (tertiary/aromatic N) is 1. The van der Waals surface area contributed by atoms with Crippen molar-refractivity contribution in [1.82, 2.24) is 5.43 Å². The van der Waals surface area contributed by atoms with E-state index in [4.69, 9.17) is 25.8 Å². The van der Waals surface area contributed by atoms with Crippen molar-refractivity contribution in [3.8, 4) is 17.2 Å². The SMILES string of the molecule is C=CCOc1ccc(C(=O)N/N=C/c2ccc(OCC(=O)Nc3cccc(C)c3)c(Cl)c2)cc1OC. The first-order valence-electron chi connectivity index (χ1n) is 10.9. The molecule has 9 heteroatoms. The highest BCUT2D eigenvalue weighted by molar-refractivity contribution is 6.32. The zero-order valence-electron chi connectivity index (χ0n) is 19.9. The second-order valence-electron chi connectivity index (χ2n) is 7.56. The maximum atomic E-state index is 12.4. The van der Waals surface area contributed by atoms with E-state index in [0.29, 0.717) is 45.7 Å². The quantitative estimate of drug-likeness (QED) is 0.216. The van der Waals surface area contributed by atoms with Crippen molar-refractivity contribution in [1.29, 1.82) is 0 Å². The van der Waals surface area contributed by atoms with Crippen molar-refractivity contribution in [3.05, 3.63) is 95.0 Å². The summed E-state index contributed by atoms with van der Waals surface area (Å²) in [6.45, 7) is 5.67. The highest BCUT2D eigenvalue weighted by Gasteiger charge is 2.11. The van der Waals surface area contributed by atoms with Gasteiger partial charge in [-0.15, -0.1) is 0 Å². The van der Waals surface area contributed by atoms with Crippen LogP contribution in [0.5, 0.6) is 17.2 Å². The van der Waals surface area contributed by atoms with E-state index in [0.717, 1.165) is 5.56 Å². The van der Waals surface area contributed by atoms with Crippen molar-refractivity contribution < 1.29 is 23.8 Å². The van der Waals surface area contributed by atoms with E-state index in [1.165, 1.54) is 13.3 Å². The Bertz CT molecular complexity index is 1280. The second kappa shape index (κ2) is 13.0. The van der Waals surface area contributed by atoms with Gasteiger partial charge in [0.15, 0.2) is 18.1 Å². The van der Waals surface area contributed by atoms with Crippen LogP contribution in [0, 0.1) is 6.92 Å². The number of amides is 2. The summed E-state index contributed by atoms with van der Waals surface area (Å²) in [6.07, 6.45) is 3.06. The van der Waals surface area contributed by atoms with Crippen molar-refractivity contribution in [2.24, 2.45) is 5.10 Å². The Labute approximate surface area is 214 Å². The molecule has 0 fully saturated rings. The van der Waals surface area contributed by atoms with Crippen LogP contribution in [-0.4, -0.2) is 38.4 Å². The van der Waals surface area contributed by atoms with E-state index in [1.54, 1.807) is 48.5 Å². The van der Waals surface area contributed by atoms with Crippen LogP contribution < -0.4 is 25.0 Å². The Morgan fingerprint density at radius 1 is 1.03 bits per heavy atom. The molecule has 8 nitrogen and oxygen atoms in total. The predicted molar refractivity (Wildman–Crippen MR) is 141 cm³/mol. The molecule has 0 unspecified atom stereocenters. The molecule has 0 saturated carbocycles. The van der Waals surface area contributed by atoms with Crippen molar-refractivity contribution >= 4 is 35.3 Å². The number of ether oxygens (including phenoxy) is 3. The minimum atomic E-state index is -0.425. The monoisotopic (exact) mass is 507 g/mol. The number of carbonyl (C=O) groups excluding carboxylic acids is 2. The minimum absolute atomic E-state index is 0.196. The molecule has 0 saturated heterocycles. The van der Waals surface area contributed by atoms with Crippen molar-refractivity contribution in [2.45, 2.75) is 6.92 Å². The number of anilines is 1. The van der Waals surface area contributed by atoms with Gasteiger partial charge >= 0.3 is 0 Å². The van der Waals surface area contributed by atoms with E-state index in [2.05, 4.69) is 22.4 Å². The number of benzene rings is 3. The van der Waals surface area contributed by atoms with Crippen LogP contribution in [0.15, 0.2) is 78.4 Å². The van der Waals surface area contributed by atoms with Crippen LogP contribution in [0.1, 0.15) is 21.5 Å². The van der Waals surface area contributed by atoms with Crippen LogP contribution in [0.25, 0.3) is 0 Å². The Kier molecular flexibility index (Phi) is 9.48. The molecule has 2 N–H and O–H groups in total. The fourth-order valence-corrected chi connectivity index (χ4v) is 3.33. The van der Waals surface area contributed by atoms with Crippen LogP contribution in [0.4, 0.5) is 5.69 Å². The second-order valence-corrected chi connectivity index (χ2v) is 7.97. The Morgan fingerprint density at radius 3 is 2.56 bits per heavy atom. The lowest BCUT2D eigenvalue weighted by Crippen LogP contribution is -2.20. The largest absolute Gasteiger partial charge is 0.493 e. The molecule has 0 spiro atoms. The summed E-state index contributed by atoms with van der Waals surface area (Å²) < 4.78 is 16.3. The molecular weight excluding hydrogens is 482 g/mol. The van der Waals surface area contributed by atoms with Crippen LogP contribution in [0.3, 0.4) is 0 Å². The van der Waals surface area contributed by atoms with E-state index < -0.39 is 5.91 Å². The third-order valence-electron chi connectivity index (χ3n) is 4.78. The highest BCUT2D eigenvalue weighted by atomic mass is 35.5. The maximum absolute atomic E-state index is 12.4. The van der Waals surface area contributed by atoms with E-state index in [9.17, 15) is 9.59 Å². The first-order valence-corrected chi connectivity index (χ1v) is 11.3. The standard InChI is InChI=1S/C27H26ClN3O5/c1-4-12-35-24-11-9-20(15-25(24)34-3)27(33)31-29-16-19-8-10-23(22(28)14-19)36-17-26(32)30-21-7-5-6-18(2)13-21/h4-11,13-16H,1,12,17H2,2-3H3,(H,30,32)(H,31,33)/b29-16+. The minimum Gasteiger partial charge on any atom is -0.493 e. The average molecular weight is 508 g/mol. The normalized spacial score (nSPS) is 10.5. The molecule has 3 aromatic rings. The van der Waals surface area contributed by atoms with Gasteiger partial charge in [-0.2, -0.15) is 5.10 Å².